The maximum Gasteiger partial charge on any atom is 0.341 e. The number of aryl methyl sites for hydroxylation is 2. The standard InChI is InChI=1S/C26H30ClN5O5S2/c1-8-9-32-18(12-37-17-10-14(2)21(27)15(3)11-17)29-30-26(32)38-13-19(33)28-23-20(25(35)36-7)16(4)22(39-23)24(34)31(5)6/h8,10-11H,1,9,12-13H2,2-7H3,(H,28,33). The lowest BCUT2D eigenvalue weighted by Gasteiger charge is -2.11. The first-order valence-corrected chi connectivity index (χ1v) is 13.9. The SMILES string of the molecule is C=CCn1c(COc2cc(C)c(Cl)c(C)c2)nnc1SCC(=O)Nc1sc(C(=O)N(C)C)c(C)c1C(=O)OC. The summed E-state index contributed by atoms with van der Waals surface area (Å²) in [5.74, 6) is -0.0686. The Morgan fingerprint density at radius 2 is 1.87 bits per heavy atom. The minimum absolute atomic E-state index is 0.0137. The molecule has 2 aromatic heterocycles. The van der Waals surface area contributed by atoms with E-state index in [2.05, 4.69) is 22.1 Å². The van der Waals surface area contributed by atoms with E-state index in [4.69, 9.17) is 21.1 Å². The van der Waals surface area contributed by atoms with Gasteiger partial charge in [0.05, 0.1) is 23.3 Å². The van der Waals surface area contributed by atoms with Gasteiger partial charge in [0, 0.05) is 25.7 Å². The number of methoxy groups -OCH3 is 1. The fourth-order valence-electron chi connectivity index (χ4n) is 3.63. The van der Waals surface area contributed by atoms with Crippen molar-refractivity contribution in [2.75, 3.05) is 32.3 Å². The Morgan fingerprint density at radius 1 is 1.21 bits per heavy atom. The van der Waals surface area contributed by atoms with Crippen LogP contribution in [0.2, 0.25) is 5.02 Å². The van der Waals surface area contributed by atoms with Crippen LogP contribution in [0.4, 0.5) is 5.00 Å². The molecule has 3 rings (SSSR count). The number of hydrogen-bond acceptors (Lipinski definition) is 9. The monoisotopic (exact) mass is 591 g/mol. The van der Waals surface area contributed by atoms with E-state index in [9.17, 15) is 14.4 Å². The molecular formula is C26H30ClN5O5S2. The molecule has 0 saturated carbocycles. The van der Waals surface area contributed by atoms with Gasteiger partial charge in [-0.1, -0.05) is 29.4 Å². The quantitative estimate of drug-likeness (QED) is 0.190. The number of anilines is 1. The van der Waals surface area contributed by atoms with E-state index >= 15 is 0 Å². The highest BCUT2D eigenvalue weighted by molar-refractivity contribution is 7.99. The number of benzene rings is 1. The molecule has 1 N–H and O–H groups in total. The first-order valence-electron chi connectivity index (χ1n) is 11.8. The van der Waals surface area contributed by atoms with Gasteiger partial charge in [-0.3, -0.25) is 14.2 Å². The fourth-order valence-corrected chi connectivity index (χ4v) is 5.74. The van der Waals surface area contributed by atoms with Gasteiger partial charge in [0.2, 0.25) is 5.91 Å². The normalized spacial score (nSPS) is 10.7. The number of esters is 1. The van der Waals surface area contributed by atoms with Crippen LogP contribution in [0.3, 0.4) is 0 Å². The second-order valence-corrected chi connectivity index (χ2v) is 11.1. The maximum absolute atomic E-state index is 12.9. The molecule has 0 aliphatic carbocycles. The average Bonchev–Trinajstić information content (AvgIpc) is 3.43. The number of halogens is 1. The number of thioether (sulfide) groups is 1. The molecular weight excluding hydrogens is 562 g/mol. The maximum atomic E-state index is 12.9. The molecule has 0 atom stereocenters. The van der Waals surface area contributed by atoms with Crippen LogP contribution in [-0.2, 0) is 22.7 Å². The summed E-state index contributed by atoms with van der Waals surface area (Å²) >= 11 is 8.46. The topological polar surface area (TPSA) is 116 Å². The zero-order valence-electron chi connectivity index (χ0n) is 22.6. The summed E-state index contributed by atoms with van der Waals surface area (Å²) in [5.41, 5.74) is 2.44. The number of nitrogens with one attached hydrogen (secondary N) is 1. The molecule has 0 unspecified atom stereocenters. The second-order valence-electron chi connectivity index (χ2n) is 8.75. The second kappa shape index (κ2) is 13.1. The Hall–Kier alpha value is -3.35. The van der Waals surface area contributed by atoms with Crippen molar-refractivity contribution in [3.05, 3.63) is 62.8 Å². The van der Waals surface area contributed by atoms with Gasteiger partial charge in [-0.25, -0.2) is 4.79 Å². The molecule has 0 saturated heterocycles. The summed E-state index contributed by atoms with van der Waals surface area (Å²) in [4.78, 5) is 39.6. The lowest BCUT2D eigenvalue weighted by molar-refractivity contribution is -0.113. The Bertz CT molecular complexity index is 1390. The van der Waals surface area contributed by atoms with Gasteiger partial charge in [-0.05, 0) is 49.6 Å². The minimum atomic E-state index is -0.633. The van der Waals surface area contributed by atoms with Crippen LogP contribution in [0.1, 0.15) is 42.5 Å². The van der Waals surface area contributed by atoms with Gasteiger partial charge in [0.1, 0.15) is 17.4 Å². The predicted octanol–water partition coefficient (Wildman–Crippen LogP) is 4.90. The molecule has 2 amide bonds. The predicted molar refractivity (Wildman–Crippen MR) is 153 cm³/mol. The first kappa shape index (κ1) is 30.2. The zero-order valence-corrected chi connectivity index (χ0v) is 25.0. The van der Waals surface area contributed by atoms with Crippen molar-refractivity contribution >= 4 is 57.5 Å². The summed E-state index contributed by atoms with van der Waals surface area (Å²) in [6.07, 6.45) is 1.70. The van der Waals surface area contributed by atoms with Crippen molar-refractivity contribution < 1.29 is 23.9 Å². The molecule has 208 valence electrons. The first-order chi connectivity index (χ1) is 18.5. The molecule has 3 aromatic rings. The van der Waals surface area contributed by atoms with E-state index in [0.29, 0.717) is 38.7 Å². The highest BCUT2D eigenvalue weighted by Crippen LogP contribution is 2.34. The van der Waals surface area contributed by atoms with Gasteiger partial charge >= 0.3 is 5.97 Å². The van der Waals surface area contributed by atoms with Gasteiger partial charge in [0.25, 0.3) is 5.91 Å². The Morgan fingerprint density at radius 3 is 2.46 bits per heavy atom. The Kier molecular flexibility index (Phi) is 10.2. The van der Waals surface area contributed by atoms with Crippen molar-refractivity contribution in [3.63, 3.8) is 0 Å². The van der Waals surface area contributed by atoms with Crippen LogP contribution in [-0.4, -0.2) is 64.4 Å². The van der Waals surface area contributed by atoms with Crippen LogP contribution < -0.4 is 10.1 Å². The summed E-state index contributed by atoms with van der Waals surface area (Å²) in [6, 6.07) is 3.71. The van der Waals surface area contributed by atoms with Crippen LogP contribution in [0.15, 0.2) is 29.9 Å². The number of rotatable bonds is 11. The van der Waals surface area contributed by atoms with Crippen LogP contribution >= 0.6 is 34.7 Å². The van der Waals surface area contributed by atoms with E-state index in [1.807, 2.05) is 30.5 Å². The average molecular weight is 592 g/mol. The third-order valence-corrected chi connectivity index (χ3v) is 8.36. The molecule has 13 heteroatoms. The smallest absolute Gasteiger partial charge is 0.341 e. The molecule has 0 spiro atoms. The zero-order chi connectivity index (χ0) is 28.9. The third kappa shape index (κ3) is 7.00. The molecule has 0 aliphatic heterocycles. The third-order valence-electron chi connectivity index (χ3n) is 5.61. The molecule has 2 heterocycles. The lowest BCUT2D eigenvalue weighted by atomic mass is 10.1. The largest absolute Gasteiger partial charge is 0.486 e. The van der Waals surface area contributed by atoms with Crippen LogP contribution in [0.25, 0.3) is 0 Å². The highest BCUT2D eigenvalue weighted by atomic mass is 35.5. The van der Waals surface area contributed by atoms with Crippen molar-refractivity contribution in [3.8, 4) is 5.75 Å². The van der Waals surface area contributed by atoms with Crippen LogP contribution in [0.5, 0.6) is 5.75 Å². The van der Waals surface area contributed by atoms with E-state index in [1.165, 1.54) is 23.8 Å². The number of allylic oxidation sites excluding steroid dienone is 1. The van der Waals surface area contributed by atoms with E-state index < -0.39 is 5.97 Å². The van der Waals surface area contributed by atoms with Crippen molar-refractivity contribution in [1.29, 1.82) is 0 Å². The van der Waals surface area contributed by atoms with Gasteiger partial charge < -0.3 is 19.7 Å². The number of carbonyl (C=O) groups is 3. The Labute approximate surface area is 240 Å². The lowest BCUT2D eigenvalue weighted by Crippen LogP contribution is -2.21. The summed E-state index contributed by atoms with van der Waals surface area (Å²) < 4.78 is 12.6. The van der Waals surface area contributed by atoms with Gasteiger partial charge in [0.15, 0.2) is 11.0 Å². The fraction of sp³-hybridized carbons (Fsp3) is 0.346. The van der Waals surface area contributed by atoms with Gasteiger partial charge in [-0.2, -0.15) is 0 Å². The van der Waals surface area contributed by atoms with E-state index in [1.54, 1.807) is 27.1 Å². The number of aromatic nitrogens is 3. The number of thiophene rings is 1. The number of carbonyl (C=O) groups excluding carboxylic acids is 3. The van der Waals surface area contributed by atoms with Gasteiger partial charge in [-0.15, -0.1) is 28.1 Å². The molecule has 1 aromatic carbocycles. The molecule has 0 radical (unpaired) electrons. The van der Waals surface area contributed by atoms with Crippen molar-refractivity contribution in [2.24, 2.45) is 0 Å². The van der Waals surface area contributed by atoms with Crippen LogP contribution in [0, 0.1) is 20.8 Å². The minimum Gasteiger partial charge on any atom is -0.486 e. The molecule has 10 nitrogen and oxygen atoms in total. The molecule has 39 heavy (non-hydrogen) atoms. The van der Waals surface area contributed by atoms with Crippen molar-refractivity contribution in [2.45, 2.75) is 39.1 Å². The summed E-state index contributed by atoms with van der Waals surface area (Å²) in [5, 5.41) is 12.7. The summed E-state index contributed by atoms with van der Waals surface area (Å²) in [6.45, 7) is 9.85. The molecule has 0 aliphatic rings. The number of ether oxygens (including phenoxy) is 2. The summed E-state index contributed by atoms with van der Waals surface area (Å²) in [7, 11) is 4.48. The van der Waals surface area contributed by atoms with E-state index in [0.717, 1.165) is 22.5 Å². The number of amides is 2. The number of nitrogens with zero attached hydrogens (tertiary/aromatic N) is 4. The van der Waals surface area contributed by atoms with Crippen molar-refractivity contribution in [1.82, 2.24) is 19.7 Å². The molecule has 0 bridgehead atoms. The molecule has 0 fully saturated rings. The van der Waals surface area contributed by atoms with E-state index in [-0.39, 0.29) is 34.7 Å². The number of hydrogen-bond donors (Lipinski definition) is 1. The Balaban J connectivity index is 1.73. The highest BCUT2D eigenvalue weighted by Gasteiger charge is 2.27.